The van der Waals surface area contributed by atoms with Gasteiger partial charge in [0.05, 0.1) is 21.9 Å². The summed E-state index contributed by atoms with van der Waals surface area (Å²) < 4.78 is 43.8. The van der Waals surface area contributed by atoms with E-state index in [9.17, 15) is 22.8 Å². The third kappa shape index (κ3) is 5.13. The van der Waals surface area contributed by atoms with E-state index in [1.807, 2.05) is 19.1 Å². The SMILES string of the molecule is Cc1cccc(COC(=O)CSc2[nH]c(=O)cc(C(F)(F)F)c2C#N)c1. The molecule has 0 aliphatic rings. The number of alkyl halides is 3. The average molecular weight is 382 g/mol. The number of halogens is 3. The molecule has 0 unspecified atom stereocenters. The predicted octanol–water partition coefficient (Wildman–Crippen LogP) is 3.41. The van der Waals surface area contributed by atoms with Gasteiger partial charge in [0.2, 0.25) is 5.56 Å². The fraction of sp³-hybridized carbons (Fsp3) is 0.235. The Morgan fingerprint density at radius 2 is 2.08 bits per heavy atom. The van der Waals surface area contributed by atoms with Crippen molar-refractivity contribution >= 4 is 17.7 Å². The van der Waals surface area contributed by atoms with Crippen LogP contribution in [0.2, 0.25) is 0 Å². The second-order valence-electron chi connectivity index (χ2n) is 5.30. The Labute approximate surface area is 150 Å². The quantitative estimate of drug-likeness (QED) is 0.633. The van der Waals surface area contributed by atoms with Gasteiger partial charge in [-0.1, -0.05) is 41.6 Å². The molecule has 0 saturated heterocycles. The molecule has 136 valence electrons. The van der Waals surface area contributed by atoms with E-state index in [0.29, 0.717) is 17.8 Å². The van der Waals surface area contributed by atoms with Crippen molar-refractivity contribution in [1.82, 2.24) is 4.98 Å². The third-order valence-corrected chi connectivity index (χ3v) is 4.22. The number of rotatable bonds is 5. The smallest absolute Gasteiger partial charge is 0.417 e. The van der Waals surface area contributed by atoms with Gasteiger partial charge in [-0.25, -0.2) is 0 Å². The number of benzene rings is 1. The molecule has 0 saturated carbocycles. The minimum atomic E-state index is -4.85. The van der Waals surface area contributed by atoms with Gasteiger partial charge in [0, 0.05) is 6.07 Å². The van der Waals surface area contributed by atoms with Crippen LogP contribution in [0.5, 0.6) is 0 Å². The van der Waals surface area contributed by atoms with Crippen LogP contribution in [0.4, 0.5) is 13.2 Å². The van der Waals surface area contributed by atoms with E-state index in [0.717, 1.165) is 11.1 Å². The molecule has 1 aromatic heterocycles. The zero-order chi connectivity index (χ0) is 19.3. The number of H-pyrrole nitrogens is 1. The molecule has 0 spiro atoms. The van der Waals surface area contributed by atoms with Crippen LogP contribution in [0, 0.1) is 18.3 Å². The highest BCUT2D eigenvalue weighted by atomic mass is 32.2. The molecule has 0 amide bonds. The zero-order valence-electron chi connectivity index (χ0n) is 13.5. The Kier molecular flexibility index (Phi) is 6.10. The number of hydrogen-bond donors (Lipinski definition) is 1. The lowest BCUT2D eigenvalue weighted by Gasteiger charge is -2.11. The van der Waals surface area contributed by atoms with Gasteiger partial charge in [-0.05, 0) is 12.5 Å². The van der Waals surface area contributed by atoms with E-state index in [-0.39, 0.29) is 17.4 Å². The third-order valence-electron chi connectivity index (χ3n) is 3.24. The highest BCUT2D eigenvalue weighted by molar-refractivity contribution is 7.99. The molecule has 5 nitrogen and oxygen atoms in total. The number of esters is 1. The van der Waals surface area contributed by atoms with Crippen molar-refractivity contribution in [3.63, 3.8) is 0 Å². The molecule has 0 bridgehead atoms. The molecule has 1 heterocycles. The Bertz CT molecular complexity index is 917. The minimum Gasteiger partial charge on any atom is -0.460 e. The van der Waals surface area contributed by atoms with E-state index in [2.05, 4.69) is 4.98 Å². The first-order valence-electron chi connectivity index (χ1n) is 7.29. The molecule has 0 fully saturated rings. The van der Waals surface area contributed by atoms with Crippen molar-refractivity contribution in [2.75, 3.05) is 5.75 Å². The highest BCUT2D eigenvalue weighted by Crippen LogP contribution is 2.34. The maximum Gasteiger partial charge on any atom is 0.417 e. The minimum absolute atomic E-state index is 0.0191. The fourth-order valence-electron chi connectivity index (χ4n) is 2.12. The molecule has 0 atom stereocenters. The maximum absolute atomic E-state index is 12.9. The first-order chi connectivity index (χ1) is 12.2. The summed E-state index contributed by atoms with van der Waals surface area (Å²) in [5.74, 6) is -1.03. The number of aryl methyl sites for hydroxylation is 1. The van der Waals surface area contributed by atoms with E-state index in [1.165, 1.54) is 6.07 Å². The number of nitrogens with zero attached hydrogens (tertiary/aromatic N) is 1. The number of ether oxygens (including phenoxy) is 1. The molecule has 2 aromatic rings. The van der Waals surface area contributed by atoms with Crippen molar-refractivity contribution in [2.45, 2.75) is 24.7 Å². The van der Waals surface area contributed by atoms with Crippen molar-refractivity contribution in [3.05, 3.63) is 62.9 Å². The summed E-state index contributed by atoms with van der Waals surface area (Å²) in [6.07, 6.45) is -4.85. The summed E-state index contributed by atoms with van der Waals surface area (Å²) in [5, 5.41) is 8.68. The van der Waals surface area contributed by atoms with Gasteiger partial charge in [0.1, 0.15) is 12.7 Å². The van der Waals surface area contributed by atoms with E-state index in [1.54, 1.807) is 12.1 Å². The lowest BCUT2D eigenvalue weighted by molar-refractivity contribution is -0.141. The molecule has 9 heteroatoms. The van der Waals surface area contributed by atoms with E-state index >= 15 is 0 Å². The standard InChI is InChI=1S/C17H13F3N2O3S/c1-10-3-2-4-11(5-10)8-25-15(24)9-26-16-12(7-21)13(17(18,19)20)6-14(23)22-16/h2-6H,8-9H2,1H3,(H,22,23). The van der Waals surface area contributed by atoms with Gasteiger partial charge >= 0.3 is 12.1 Å². The van der Waals surface area contributed by atoms with Crippen LogP contribution >= 0.6 is 11.8 Å². The molecule has 26 heavy (non-hydrogen) atoms. The number of carbonyl (C=O) groups excluding carboxylic acids is 1. The number of aromatic nitrogens is 1. The summed E-state index contributed by atoms with van der Waals surface area (Å²) >= 11 is 0.610. The lowest BCUT2D eigenvalue weighted by atomic mass is 10.1. The highest BCUT2D eigenvalue weighted by Gasteiger charge is 2.35. The van der Waals surface area contributed by atoms with Gasteiger partial charge in [-0.3, -0.25) is 9.59 Å². The molecule has 0 aliphatic heterocycles. The van der Waals surface area contributed by atoms with E-state index < -0.39 is 28.8 Å². The van der Waals surface area contributed by atoms with Crippen LogP contribution in [0.3, 0.4) is 0 Å². The largest absolute Gasteiger partial charge is 0.460 e. The summed E-state index contributed by atoms with van der Waals surface area (Å²) in [5.41, 5.74) is -1.30. The van der Waals surface area contributed by atoms with Crippen molar-refractivity contribution in [2.24, 2.45) is 0 Å². The molecule has 0 aliphatic carbocycles. The summed E-state index contributed by atoms with van der Waals surface area (Å²) in [6, 6.07) is 9.03. The maximum atomic E-state index is 12.9. The number of nitrogens with one attached hydrogen (secondary N) is 1. The number of hydrogen-bond acceptors (Lipinski definition) is 5. The average Bonchev–Trinajstić information content (AvgIpc) is 2.57. The Morgan fingerprint density at radius 3 is 2.69 bits per heavy atom. The monoisotopic (exact) mass is 382 g/mol. The molecule has 2 rings (SSSR count). The Morgan fingerprint density at radius 1 is 1.35 bits per heavy atom. The first-order valence-corrected chi connectivity index (χ1v) is 8.28. The van der Waals surface area contributed by atoms with Crippen LogP contribution in [0.15, 0.2) is 40.2 Å². The van der Waals surface area contributed by atoms with Crippen LogP contribution in [-0.4, -0.2) is 16.7 Å². The molecule has 1 aromatic carbocycles. The number of carbonyl (C=O) groups is 1. The number of nitriles is 1. The number of aromatic amines is 1. The fourth-order valence-corrected chi connectivity index (χ4v) is 2.94. The second-order valence-corrected chi connectivity index (χ2v) is 6.28. The van der Waals surface area contributed by atoms with Crippen LogP contribution < -0.4 is 5.56 Å². The summed E-state index contributed by atoms with van der Waals surface area (Å²) in [4.78, 5) is 25.4. The van der Waals surface area contributed by atoms with Gasteiger partial charge in [0.15, 0.2) is 0 Å². The van der Waals surface area contributed by atoms with Gasteiger partial charge in [0.25, 0.3) is 0 Å². The molecule has 0 radical (unpaired) electrons. The summed E-state index contributed by atoms with van der Waals surface area (Å²) in [6.45, 7) is 1.90. The number of thioether (sulfide) groups is 1. The van der Waals surface area contributed by atoms with Gasteiger partial charge < -0.3 is 9.72 Å². The van der Waals surface area contributed by atoms with Crippen molar-refractivity contribution in [3.8, 4) is 6.07 Å². The first kappa shape index (κ1) is 19.6. The summed E-state index contributed by atoms with van der Waals surface area (Å²) in [7, 11) is 0. The topological polar surface area (TPSA) is 83.0 Å². The van der Waals surface area contributed by atoms with Gasteiger partial charge in [-0.15, -0.1) is 0 Å². The molecular weight excluding hydrogens is 369 g/mol. The Hall–Kier alpha value is -2.73. The molecular formula is C17H13F3N2O3S. The normalized spacial score (nSPS) is 11.0. The van der Waals surface area contributed by atoms with Gasteiger partial charge in [-0.2, -0.15) is 18.4 Å². The van der Waals surface area contributed by atoms with E-state index in [4.69, 9.17) is 10.00 Å². The van der Waals surface area contributed by atoms with Crippen LogP contribution in [0.25, 0.3) is 0 Å². The predicted molar refractivity (Wildman–Crippen MR) is 88.5 cm³/mol. The van der Waals surface area contributed by atoms with Crippen molar-refractivity contribution in [1.29, 1.82) is 5.26 Å². The van der Waals surface area contributed by atoms with Crippen LogP contribution in [0.1, 0.15) is 22.3 Å². The van der Waals surface area contributed by atoms with Crippen molar-refractivity contribution < 1.29 is 22.7 Å². The van der Waals surface area contributed by atoms with Crippen LogP contribution in [-0.2, 0) is 22.3 Å². The Balaban J connectivity index is 2.07. The molecule has 1 N–H and O–H groups in total. The second kappa shape index (κ2) is 8.10. The number of pyridine rings is 1. The zero-order valence-corrected chi connectivity index (χ0v) is 14.3. The lowest BCUT2D eigenvalue weighted by Crippen LogP contribution is -2.17.